The van der Waals surface area contributed by atoms with Crippen LogP contribution in [-0.4, -0.2) is 28.0 Å². The molecule has 1 aromatic carbocycles. The molecule has 0 unspecified atom stereocenters. The van der Waals surface area contributed by atoms with Crippen molar-refractivity contribution in [3.8, 4) is 5.69 Å². The van der Waals surface area contributed by atoms with Gasteiger partial charge in [-0.2, -0.15) is 0 Å². The van der Waals surface area contributed by atoms with Gasteiger partial charge in [0.25, 0.3) is 0 Å². The van der Waals surface area contributed by atoms with E-state index >= 15 is 0 Å². The molecule has 0 N–H and O–H groups in total. The average molecular weight is 257 g/mol. The van der Waals surface area contributed by atoms with Gasteiger partial charge in [-0.05, 0) is 49.3 Å². The molecule has 4 nitrogen and oxygen atoms in total. The third kappa shape index (κ3) is 3.01. The Bertz CT molecular complexity index is 485. The van der Waals surface area contributed by atoms with Gasteiger partial charge >= 0.3 is 0 Å². The fourth-order valence-electron chi connectivity index (χ4n) is 2.70. The van der Waals surface area contributed by atoms with Crippen molar-refractivity contribution in [1.29, 1.82) is 0 Å². The number of aromatic nitrogens is 3. The minimum absolute atomic E-state index is 0.680. The smallest absolute Gasteiger partial charge is 0.123 e. The first-order valence-corrected chi connectivity index (χ1v) is 6.96. The van der Waals surface area contributed by atoms with Crippen molar-refractivity contribution in [2.24, 2.45) is 0 Å². The number of hydrogen-bond acceptors (Lipinski definition) is 3. The fourth-order valence-corrected chi connectivity index (χ4v) is 2.70. The molecule has 2 aromatic rings. The van der Waals surface area contributed by atoms with Crippen molar-refractivity contribution in [2.45, 2.75) is 31.6 Å². The third-order valence-electron chi connectivity index (χ3n) is 3.76. The van der Waals surface area contributed by atoms with E-state index in [4.69, 9.17) is 4.74 Å². The van der Waals surface area contributed by atoms with E-state index in [0.29, 0.717) is 5.92 Å². The fraction of sp³-hybridized carbons (Fsp3) is 0.467. The predicted molar refractivity (Wildman–Crippen MR) is 73.4 cm³/mol. The van der Waals surface area contributed by atoms with Crippen LogP contribution in [0.2, 0.25) is 0 Å². The third-order valence-corrected chi connectivity index (χ3v) is 3.76. The monoisotopic (exact) mass is 257 g/mol. The molecule has 3 rings (SSSR count). The van der Waals surface area contributed by atoms with E-state index < -0.39 is 0 Å². The predicted octanol–water partition coefficient (Wildman–Crippen LogP) is 2.94. The van der Waals surface area contributed by atoms with Crippen LogP contribution in [0.1, 0.15) is 37.2 Å². The van der Waals surface area contributed by atoms with E-state index in [9.17, 15) is 0 Å². The SMILES string of the molecule is c1cc(-n2cnnc2)ccc1C1CCCOCCC1. The molecular weight excluding hydrogens is 238 g/mol. The number of ether oxygens (including phenoxy) is 1. The normalized spacial score (nSPS) is 17.9. The van der Waals surface area contributed by atoms with Gasteiger partial charge in [-0.15, -0.1) is 10.2 Å². The maximum atomic E-state index is 5.51. The highest BCUT2D eigenvalue weighted by Crippen LogP contribution is 2.28. The van der Waals surface area contributed by atoms with Crippen molar-refractivity contribution < 1.29 is 4.74 Å². The van der Waals surface area contributed by atoms with Gasteiger partial charge in [0.05, 0.1) is 0 Å². The van der Waals surface area contributed by atoms with Gasteiger partial charge in [0.2, 0.25) is 0 Å². The summed E-state index contributed by atoms with van der Waals surface area (Å²) in [5, 5.41) is 7.67. The minimum atomic E-state index is 0.680. The number of hydrogen-bond donors (Lipinski definition) is 0. The average Bonchev–Trinajstić information content (AvgIpc) is 2.93. The number of benzene rings is 1. The Morgan fingerprint density at radius 1 is 0.947 bits per heavy atom. The van der Waals surface area contributed by atoms with Crippen LogP contribution in [0.3, 0.4) is 0 Å². The van der Waals surface area contributed by atoms with Crippen LogP contribution < -0.4 is 0 Å². The topological polar surface area (TPSA) is 39.9 Å². The van der Waals surface area contributed by atoms with Gasteiger partial charge in [0, 0.05) is 18.9 Å². The lowest BCUT2D eigenvalue weighted by molar-refractivity contribution is 0.112. The van der Waals surface area contributed by atoms with Crippen molar-refractivity contribution in [2.75, 3.05) is 13.2 Å². The van der Waals surface area contributed by atoms with Gasteiger partial charge in [0.1, 0.15) is 12.7 Å². The molecule has 0 atom stereocenters. The summed E-state index contributed by atoms with van der Waals surface area (Å²) in [6, 6.07) is 8.77. The summed E-state index contributed by atoms with van der Waals surface area (Å²) in [6.45, 7) is 1.82. The summed E-state index contributed by atoms with van der Waals surface area (Å²) in [6.07, 6.45) is 8.23. The first kappa shape index (κ1) is 12.4. The molecule has 0 spiro atoms. The van der Waals surface area contributed by atoms with Crippen LogP contribution in [0.4, 0.5) is 0 Å². The Morgan fingerprint density at radius 3 is 2.21 bits per heavy atom. The van der Waals surface area contributed by atoms with Gasteiger partial charge in [0.15, 0.2) is 0 Å². The number of nitrogens with zero attached hydrogens (tertiary/aromatic N) is 3. The van der Waals surface area contributed by atoms with Crippen LogP contribution in [0.25, 0.3) is 5.69 Å². The van der Waals surface area contributed by atoms with Crippen molar-refractivity contribution in [3.05, 3.63) is 42.5 Å². The molecule has 0 saturated carbocycles. The molecule has 1 aliphatic rings. The molecule has 4 heteroatoms. The molecular formula is C15H19N3O. The summed E-state index contributed by atoms with van der Waals surface area (Å²) in [5.74, 6) is 0.680. The first-order chi connectivity index (χ1) is 9.43. The first-order valence-electron chi connectivity index (χ1n) is 6.96. The second kappa shape index (κ2) is 5.97. The molecule has 1 fully saturated rings. The summed E-state index contributed by atoms with van der Waals surface area (Å²) in [4.78, 5) is 0. The second-order valence-electron chi connectivity index (χ2n) is 5.05. The van der Waals surface area contributed by atoms with E-state index in [1.165, 1.54) is 18.4 Å². The Morgan fingerprint density at radius 2 is 1.58 bits per heavy atom. The summed E-state index contributed by atoms with van der Waals surface area (Å²) in [5.41, 5.74) is 2.56. The van der Waals surface area contributed by atoms with Crippen LogP contribution in [-0.2, 0) is 4.74 Å². The second-order valence-corrected chi connectivity index (χ2v) is 5.05. The van der Waals surface area contributed by atoms with E-state index in [0.717, 1.165) is 31.7 Å². The van der Waals surface area contributed by atoms with E-state index in [1.54, 1.807) is 12.7 Å². The zero-order chi connectivity index (χ0) is 12.9. The van der Waals surface area contributed by atoms with Crippen LogP contribution in [0, 0.1) is 0 Å². The lowest BCUT2D eigenvalue weighted by atomic mass is 9.89. The molecule has 100 valence electrons. The molecule has 1 aromatic heterocycles. The van der Waals surface area contributed by atoms with Crippen LogP contribution in [0.5, 0.6) is 0 Å². The van der Waals surface area contributed by atoms with Crippen LogP contribution in [0.15, 0.2) is 36.9 Å². The Hall–Kier alpha value is -1.68. The van der Waals surface area contributed by atoms with Crippen LogP contribution >= 0.6 is 0 Å². The van der Waals surface area contributed by atoms with E-state index in [2.05, 4.69) is 34.5 Å². The van der Waals surface area contributed by atoms with Gasteiger partial charge < -0.3 is 4.74 Å². The minimum Gasteiger partial charge on any atom is -0.381 e. The maximum absolute atomic E-state index is 5.51. The van der Waals surface area contributed by atoms with Gasteiger partial charge in [-0.3, -0.25) is 4.57 Å². The zero-order valence-corrected chi connectivity index (χ0v) is 11.0. The highest BCUT2D eigenvalue weighted by Gasteiger charge is 2.13. The van der Waals surface area contributed by atoms with Crippen molar-refractivity contribution in [3.63, 3.8) is 0 Å². The molecule has 1 saturated heterocycles. The van der Waals surface area contributed by atoms with Crippen molar-refractivity contribution >= 4 is 0 Å². The summed E-state index contributed by atoms with van der Waals surface area (Å²) < 4.78 is 7.44. The van der Waals surface area contributed by atoms with Gasteiger partial charge in [-0.25, -0.2) is 0 Å². The lowest BCUT2D eigenvalue weighted by Crippen LogP contribution is -2.08. The summed E-state index contributed by atoms with van der Waals surface area (Å²) in [7, 11) is 0. The number of rotatable bonds is 2. The van der Waals surface area contributed by atoms with Gasteiger partial charge in [-0.1, -0.05) is 12.1 Å². The molecule has 0 bridgehead atoms. The largest absolute Gasteiger partial charge is 0.381 e. The van der Waals surface area contributed by atoms with E-state index in [-0.39, 0.29) is 0 Å². The molecule has 0 aliphatic carbocycles. The quantitative estimate of drug-likeness (QED) is 0.830. The highest BCUT2D eigenvalue weighted by molar-refractivity contribution is 5.35. The Labute approximate surface area is 113 Å². The van der Waals surface area contributed by atoms with E-state index in [1.807, 2.05) is 4.57 Å². The molecule has 1 aliphatic heterocycles. The maximum Gasteiger partial charge on any atom is 0.123 e. The Kier molecular flexibility index (Phi) is 3.89. The van der Waals surface area contributed by atoms with Crippen molar-refractivity contribution in [1.82, 2.24) is 14.8 Å². The standard InChI is InChI=1S/C15H19N3O/c1-3-13(4-2-10-19-9-1)14-5-7-15(8-6-14)18-11-16-17-12-18/h5-8,11-13H,1-4,9-10H2. The lowest BCUT2D eigenvalue weighted by Gasteiger charge is -2.20. The highest BCUT2D eigenvalue weighted by atomic mass is 16.5. The molecule has 2 heterocycles. The molecule has 19 heavy (non-hydrogen) atoms. The zero-order valence-electron chi connectivity index (χ0n) is 11.0. The Balaban J connectivity index is 1.74. The molecule has 0 radical (unpaired) electrons. The summed E-state index contributed by atoms with van der Waals surface area (Å²) >= 11 is 0. The molecule has 0 amide bonds.